The summed E-state index contributed by atoms with van der Waals surface area (Å²) in [5.74, 6) is -0.847. The molecule has 0 aromatic heterocycles. The van der Waals surface area contributed by atoms with Crippen molar-refractivity contribution < 1.29 is 19.8 Å². The molecule has 1 saturated carbocycles. The molecule has 6 heteroatoms. The highest BCUT2D eigenvalue weighted by atomic mass is 16.3. The largest absolute Gasteiger partial charge is 0.388 e. The fourth-order valence-electron chi connectivity index (χ4n) is 5.49. The van der Waals surface area contributed by atoms with Gasteiger partial charge in [0.1, 0.15) is 5.41 Å². The maximum Gasteiger partial charge on any atom is 0.236 e. The molecule has 39 heavy (non-hydrogen) atoms. The van der Waals surface area contributed by atoms with Crippen LogP contribution in [0.4, 0.5) is 0 Å². The topological polar surface area (TPSA) is 98.7 Å². The summed E-state index contributed by atoms with van der Waals surface area (Å²) < 4.78 is 0. The van der Waals surface area contributed by atoms with E-state index >= 15 is 0 Å². The molecule has 2 atom stereocenters. The number of carbonyl (C=O) groups is 2. The summed E-state index contributed by atoms with van der Waals surface area (Å²) in [5.41, 5.74) is -2.26. The zero-order valence-electron chi connectivity index (χ0n) is 22.9. The molecule has 0 spiro atoms. The van der Waals surface area contributed by atoms with Gasteiger partial charge in [0.05, 0.1) is 23.3 Å². The summed E-state index contributed by atoms with van der Waals surface area (Å²) in [6.45, 7) is 6.63. The Hall–Kier alpha value is -3.74. The van der Waals surface area contributed by atoms with Gasteiger partial charge in [-0.3, -0.25) is 9.59 Å². The van der Waals surface area contributed by atoms with Gasteiger partial charge in [0.2, 0.25) is 11.8 Å². The predicted octanol–water partition coefficient (Wildman–Crippen LogP) is 5.33. The summed E-state index contributed by atoms with van der Waals surface area (Å²) in [5, 5.41) is 32.1. The van der Waals surface area contributed by atoms with E-state index in [9.17, 15) is 19.8 Å². The third-order valence-electron chi connectivity index (χ3n) is 7.85. The molecule has 2 amide bonds. The number of hydrogen-bond acceptors (Lipinski definition) is 4. The first-order valence-corrected chi connectivity index (χ1v) is 13.4. The number of hydrogen-bond donors (Lipinski definition) is 4. The Bertz CT molecular complexity index is 1420. The van der Waals surface area contributed by atoms with E-state index in [1.807, 2.05) is 84.9 Å². The summed E-state index contributed by atoms with van der Waals surface area (Å²) in [6.07, 6.45) is 0.791. The standard InChI is InChI=1S/C33H36N2O4/c1-31(2,38)27(25-17-9-13-21-11-5-7-15-23(21)25)34-29(36)33(19-20-33)30(37)35-28(32(3,4)39)26-18-10-14-22-12-6-8-16-24(22)26/h5-18,27-28,38-39H,19-20H2,1-4H3,(H,34,36)(H,35,37)/t27-,28-/m1/s1. The van der Waals surface area contributed by atoms with E-state index in [2.05, 4.69) is 10.6 Å². The Balaban J connectivity index is 1.44. The van der Waals surface area contributed by atoms with Crippen LogP contribution in [0, 0.1) is 5.41 Å². The lowest BCUT2D eigenvalue weighted by molar-refractivity contribution is -0.140. The number of fused-ring (bicyclic) bond motifs is 2. The van der Waals surface area contributed by atoms with Crippen LogP contribution in [-0.2, 0) is 9.59 Å². The lowest BCUT2D eigenvalue weighted by atomic mass is 9.87. The normalized spacial score (nSPS) is 16.5. The summed E-state index contributed by atoms with van der Waals surface area (Å²) in [6, 6.07) is 25.8. The summed E-state index contributed by atoms with van der Waals surface area (Å²) in [7, 11) is 0. The van der Waals surface area contributed by atoms with Gasteiger partial charge in [0.15, 0.2) is 0 Å². The minimum absolute atomic E-state index is 0.396. The van der Waals surface area contributed by atoms with Gasteiger partial charge in [-0.05, 0) is 73.2 Å². The van der Waals surface area contributed by atoms with Gasteiger partial charge >= 0.3 is 0 Å². The molecule has 202 valence electrons. The second kappa shape index (κ2) is 9.78. The highest BCUT2D eigenvalue weighted by molar-refractivity contribution is 6.08. The minimum atomic E-state index is -1.29. The van der Waals surface area contributed by atoms with Gasteiger partial charge in [0, 0.05) is 0 Å². The fraction of sp³-hybridized carbons (Fsp3) is 0.333. The zero-order valence-corrected chi connectivity index (χ0v) is 22.9. The third-order valence-corrected chi connectivity index (χ3v) is 7.85. The molecule has 4 aromatic rings. The first-order valence-electron chi connectivity index (χ1n) is 13.4. The van der Waals surface area contributed by atoms with Crippen molar-refractivity contribution in [2.24, 2.45) is 5.41 Å². The Kier molecular flexibility index (Phi) is 6.73. The molecule has 1 aliphatic carbocycles. The lowest BCUT2D eigenvalue weighted by Gasteiger charge is -2.34. The highest BCUT2D eigenvalue weighted by Crippen LogP contribution is 2.48. The fourth-order valence-corrected chi connectivity index (χ4v) is 5.49. The Morgan fingerprint density at radius 3 is 1.36 bits per heavy atom. The van der Waals surface area contributed by atoms with Gasteiger partial charge in [-0.2, -0.15) is 0 Å². The van der Waals surface area contributed by atoms with Crippen LogP contribution >= 0.6 is 0 Å². The number of rotatable bonds is 8. The molecule has 0 unspecified atom stereocenters. The molecule has 0 saturated heterocycles. The second-order valence-electron chi connectivity index (χ2n) is 11.8. The Labute approximate surface area is 229 Å². The Morgan fingerprint density at radius 2 is 1.00 bits per heavy atom. The first kappa shape index (κ1) is 26.9. The number of amides is 2. The van der Waals surface area contributed by atoms with Gasteiger partial charge in [-0.1, -0.05) is 84.9 Å². The van der Waals surface area contributed by atoms with Crippen molar-refractivity contribution >= 4 is 33.4 Å². The van der Waals surface area contributed by atoms with Gasteiger partial charge in [0.25, 0.3) is 0 Å². The molecule has 0 bridgehead atoms. The SMILES string of the molecule is CC(C)(O)[C@H](NC(=O)C1(C(=O)N[C@H](c2cccc3ccccc23)C(C)(C)O)CC1)c1cccc2ccccc12. The van der Waals surface area contributed by atoms with Crippen molar-refractivity contribution in [3.63, 3.8) is 0 Å². The number of nitrogens with one attached hydrogen (secondary N) is 2. The highest BCUT2D eigenvalue weighted by Gasteiger charge is 2.58. The molecular formula is C33H36N2O4. The van der Waals surface area contributed by atoms with E-state index in [-0.39, 0.29) is 0 Å². The molecule has 4 aromatic carbocycles. The summed E-state index contributed by atoms with van der Waals surface area (Å²) >= 11 is 0. The molecule has 1 aliphatic rings. The molecule has 1 fully saturated rings. The molecule has 0 heterocycles. The van der Waals surface area contributed by atoms with Crippen molar-refractivity contribution in [2.45, 2.75) is 63.8 Å². The first-order chi connectivity index (χ1) is 18.4. The van der Waals surface area contributed by atoms with Crippen molar-refractivity contribution in [2.75, 3.05) is 0 Å². The second-order valence-corrected chi connectivity index (χ2v) is 11.8. The third kappa shape index (κ3) is 5.14. The van der Waals surface area contributed by atoms with Crippen molar-refractivity contribution in [1.29, 1.82) is 0 Å². The van der Waals surface area contributed by atoms with E-state index < -0.39 is 40.5 Å². The maximum atomic E-state index is 13.8. The summed E-state index contributed by atoms with van der Waals surface area (Å²) in [4.78, 5) is 27.5. The molecular weight excluding hydrogens is 488 g/mol. The smallest absolute Gasteiger partial charge is 0.236 e. The van der Waals surface area contributed by atoms with E-state index in [0.29, 0.717) is 12.8 Å². The molecule has 6 nitrogen and oxygen atoms in total. The lowest BCUT2D eigenvalue weighted by Crippen LogP contribution is -2.51. The van der Waals surface area contributed by atoms with Gasteiger partial charge < -0.3 is 20.8 Å². The van der Waals surface area contributed by atoms with Gasteiger partial charge in [-0.25, -0.2) is 0 Å². The monoisotopic (exact) mass is 524 g/mol. The average Bonchev–Trinajstić information content (AvgIpc) is 3.71. The predicted molar refractivity (Wildman–Crippen MR) is 154 cm³/mol. The van der Waals surface area contributed by atoms with E-state index in [0.717, 1.165) is 32.7 Å². The number of benzene rings is 4. The maximum absolute atomic E-state index is 13.8. The van der Waals surface area contributed by atoms with Crippen LogP contribution in [-0.4, -0.2) is 33.2 Å². The van der Waals surface area contributed by atoms with Crippen molar-refractivity contribution in [3.05, 3.63) is 96.1 Å². The van der Waals surface area contributed by atoms with Crippen LogP contribution in [0.25, 0.3) is 21.5 Å². The van der Waals surface area contributed by atoms with E-state index in [1.165, 1.54) is 0 Å². The van der Waals surface area contributed by atoms with Crippen LogP contribution < -0.4 is 10.6 Å². The zero-order chi connectivity index (χ0) is 28.0. The molecule has 4 N–H and O–H groups in total. The van der Waals surface area contributed by atoms with Gasteiger partial charge in [-0.15, -0.1) is 0 Å². The van der Waals surface area contributed by atoms with E-state index in [4.69, 9.17) is 0 Å². The van der Waals surface area contributed by atoms with Crippen LogP contribution in [0.2, 0.25) is 0 Å². The quantitative estimate of drug-likeness (QED) is 0.234. The van der Waals surface area contributed by atoms with Crippen LogP contribution in [0.3, 0.4) is 0 Å². The molecule has 0 aliphatic heterocycles. The number of carbonyl (C=O) groups excluding carboxylic acids is 2. The van der Waals surface area contributed by atoms with Crippen molar-refractivity contribution in [1.82, 2.24) is 10.6 Å². The number of aliphatic hydroxyl groups is 2. The molecule has 5 rings (SSSR count). The van der Waals surface area contributed by atoms with Crippen LogP contribution in [0.15, 0.2) is 84.9 Å². The Morgan fingerprint density at radius 1 is 0.641 bits per heavy atom. The average molecular weight is 525 g/mol. The molecule has 0 radical (unpaired) electrons. The minimum Gasteiger partial charge on any atom is -0.388 e. The van der Waals surface area contributed by atoms with E-state index in [1.54, 1.807) is 27.7 Å². The van der Waals surface area contributed by atoms with Crippen LogP contribution in [0.5, 0.6) is 0 Å². The van der Waals surface area contributed by atoms with Crippen LogP contribution in [0.1, 0.15) is 63.7 Å². The van der Waals surface area contributed by atoms with Crippen molar-refractivity contribution in [3.8, 4) is 0 Å².